The fourth-order valence-electron chi connectivity index (χ4n) is 5.25. The normalized spacial score (nSPS) is 19.6. The fraction of sp³-hybridized carbons (Fsp3) is 0.500. The Kier molecular flexibility index (Phi) is 8.04. The molecule has 198 valence electrons. The molecule has 1 aliphatic carbocycles. The van der Waals surface area contributed by atoms with Gasteiger partial charge in [-0.15, -0.1) is 0 Å². The van der Waals surface area contributed by atoms with Gasteiger partial charge in [0.2, 0.25) is 21.8 Å². The van der Waals surface area contributed by atoms with Crippen molar-refractivity contribution in [1.82, 2.24) is 20.0 Å². The van der Waals surface area contributed by atoms with Crippen LogP contribution in [0.4, 0.5) is 5.13 Å². The molecule has 11 heteroatoms. The molecule has 2 aliphatic rings. The van der Waals surface area contributed by atoms with E-state index in [1.807, 2.05) is 6.07 Å². The van der Waals surface area contributed by atoms with Gasteiger partial charge in [0, 0.05) is 18.7 Å². The first-order valence-electron chi connectivity index (χ1n) is 12.9. The molecular weight excluding hydrogens is 510 g/mol. The molecule has 2 aromatic heterocycles. The average molecular weight is 544 g/mol. The van der Waals surface area contributed by atoms with Crippen molar-refractivity contribution in [3.63, 3.8) is 0 Å². The molecule has 3 heterocycles. The van der Waals surface area contributed by atoms with Gasteiger partial charge in [0.05, 0.1) is 17.9 Å². The van der Waals surface area contributed by atoms with Crippen LogP contribution in [0.5, 0.6) is 5.88 Å². The lowest BCUT2D eigenvalue weighted by atomic mass is 9.87. The summed E-state index contributed by atoms with van der Waals surface area (Å²) in [7, 11) is -2.07. The zero-order valence-electron chi connectivity index (χ0n) is 20.9. The predicted octanol–water partition coefficient (Wildman–Crippen LogP) is 4.03. The van der Waals surface area contributed by atoms with E-state index in [4.69, 9.17) is 4.74 Å². The number of benzene rings is 1. The summed E-state index contributed by atoms with van der Waals surface area (Å²) >= 11 is 1.31. The Morgan fingerprint density at radius 1 is 1.11 bits per heavy atom. The van der Waals surface area contributed by atoms with Gasteiger partial charge in [0.15, 0.2) is 5.13 Å². The summed E-state index contributed by atoms with van der Waals surface area (Å²) < 4.78 is 33.8. The van der Waals surface area contributed by atoms with Gasteiger partial charge < -0.3 is 15.4 Å². The highest BCUT2D eigenvalue weighted by Gasteiger charge is 2.28. The molecule has 1 unspecified atom stereocenters. The molecular formula is C26H33N5O4S2. The second kappa shape index (κ2) is 11.4. The number of piperidine rings is 1. The van der Waals surface area contributed by atoms with Gasteiger partial charge in [-0.2, -0.15) is 0 Å². The molecule has 0 radical (unpaired) electrons. The molecule has 0 spiro atoms. The fourth-order valence-corrected chi connectivity index (χ4v) is 7.36. The van der Waals surface area contributed by atoms with Crippen LogP contribution in [-0.4, -0.2) is 50.5 Å². The second-order valence-corrected chi connectivity index (χ2v) is 12.6. The number of nitrogens with zero attached hydrogens (tertiary/aromatic N) is 2. The van der Waals surface area contributed by atoms with E-state index < -0.39 is 15.9 Å². The molecule has 1 saturated carbocycles. The molecule has 2 fully saturated rings. The summed E-state index contributed by atoms with van der Waals surface area (Å²) in [5.74, 6) is 0.433. The zero-order valence-corrected chi connectivity index (χ0v) is 22.5. The van der Waals surface area contributed by atoms with Gasteiger partial charge in [0.1, 0.15) is 10.3 Å². The van der Waals surface area contributed by atoms with Crippen LogP contribution in [0.1, 0.15) is 56.4 Å². The minimum atomic E-state index is -3.63. The summed E-state index contributed by atoms with van der Waals surface area (Å²) in [4.78, 5) is 23.3. The van der Waals surface area contributed by atoms with Crippen molar-refractivity contribution in [1.29, 1.82) is 0 Å². The molecule has 1 saturated heterocycles. The standard InChI is InChI=1S/C26H33N5O4S2/c1-35-23-13-12-22-25(29-23)36-26(28-22)30-24(32)21(15-17-5-2-3-6-17)18-8-10-20(11-9-18)37(33,34)31-19-7-4-14-27-16-19/h8-13,17,19,21,27,31H,2-7,14-16H2,1H3,(H,28,30,32)/t19-,21?/m1/s1. The average Bonchev–Trinajstić information content (AvgIpc) is 3.56. The molecule has 37 heavy (non-hydrogen) atoms. The van der Waals surface area contributed by atoms with Crippen LogP contribution in [0.25, 0.3) is 10.3 Å². The first kappa shape index (κ1) is 26.0. The molecule has 1 aromatic carbocycles. The molecule has 0 bridgehead atoms. The summed E-state index contributed by atoms with van der Waals surface area (Å²) in [6.07, 6.45) is 7.08. The van der Waals surface area contributed by atoms with Crippen molar-refractivity contribution in [2.75, 3.05) is 25.5 Å². The van der Waals surface area contributed by atoms with Crippen LogP contribution in [-0.2, 0) is 14.8 Å². The minimum absolute atomic E-state index is 0.109. The van der Waals surface area contributed by atoms with Crippen LogP contribution < -0.4 is 20.1 Å². The predicted molar refractivity (Wildman–Crippen MR) is 145 cm³/mol. The summed E-state index contributed by atoms with van der Waals surface area (Å²) in [5, 5.41) is 6.71. The SMILES string of the molecule is COc1ccc2nc(NC(=O)C(CC3CCCC3)c3ccc(S(=O)(=O)N[C@@H]4CCCNC4)cc3)sc2n1. The lowest BCUT2D eigenvalue weighted by Gasteiger charge is -2.24. The van der Waals surface area contributed by atoms with Gasteiger partial charge in [0.25, 0.3) is 0 Å². The highest BCUT2D eigenvalue weighted by atomic mass is 32.2. The van der Waals surface area contributed by atoms with Crippen molar-refractivity contribution >= 4 is 42.7 Å². The summed E-state index contributed by atoms with van der Waals surface area (Å²) in [5.41, 5.74) is 1.51. The van der Waals surface area contributed by atoms with E-state index in [-0.39, 0.29) is 16.8 Å². The van der Waals surface area contributed by atoms with Crippen LogP contribution in [0.2, 0.25) is 0 Å². The summed E-state index contributed by atoms with van der Waals surface area (Å²) in [6, 6.07) is 10.2. The van der Waals surface area contributed by atoms with Crippen molar-refractivity contribution in [2.45, 2.75) is 61.8 Å². The molecule has 5 rings (SSSR count). The van der Waals surface area contributed by atoms with Crippen LogP contribution in [0, 0.1) is 5.92 Å². The maximum Gasteiger partial charge on any atom is 0.240 e. The van der Waals surface area contributed by atoms with E-state index in [1.165, 1.54) is 24.2 Å². The van der Waals surface area contributed by atoms with Crippen molar-refractivity contribution in [2.24, 2.45) is 5.92 Å². The number of hydrogen-bond acceptors (Lipinski definition) is 8. The van der Waals surface area contributed by atoms with E-state index in [2.05, 4.69) is 25.3 Å². The van der Waals surface area contributed by atoms with Crippen LogP contribution in [0.15, 0.2) is 41.3 Å². The topological polar surface area (TPSA) is 122 Å². The number of aromatic nitrogens is 2. The van der Waals surface area contributed by atoms with Gasteiger partial charge in [-0.3, -0.25) is 4.79 Å². The monoisotopic (exact) mass is 543 g/mol. The Morgan fingerprint density at radius 3 is 2.59 bits per heavy atom. The Labute approximate surface area is 221 Å². The maximum atomic E-state index is 13.5. The van der Waals surface area contributed by atoms with Crippen molar-refractivity contribution in [3.05, 3.63) is 42.0 Å². The number of rotatable bonds is 9. The zero-order chi connectivity index (χ0) is 25.8. The number of nitrogens with one attached hydrogen (secondary N) is 3. The number of sulfonamides is 1. The van der Waals surface area contributed by atoms with E-state index in [0.29, 0.717) is 33.8 Å². The maximum absolute atomic E-state index is 13.5. The number of thiazole rings is 1. The smallest absolute Gasteiger partial charge is 0.240 e. The number of fused-ring (bicyclic) bond motifs is 1. The molecule has 9 nitrogen and oxygen atoms in total. The number of ether oxygens (including phenoxy) is 1. The van der Waals surface area contributed by atoms with Crippen LogP contribution >= 0.6 is 11.3 Å². The largest absolute Gasteiger partial charge is 0.481 e. The van der Waals surface area contributed by atoms with Gasteiger partial charge in [-0.25, -0.2) is 23.1 Å². The number of anilines is 1. The minimum Gasteiger partial charge on any atom is -0.481 e. The summed E-state index contributed by atoms with van der Waals surface area (Å²) in [6.45, 7) is 1.55. The van der Waals surface area contributed by atoms with Crippen molar-refractivity contribution < 1.29 is 17.9 Å². The first-order chi connectivity index (χ1) is 17.9. The van der Waals surface area contributed by atoms with Crippen LogP contribution in [0.3, 0.4) is 0 Å². The Morgan fingerprint density at radius 2 is 1.89 bits per heavy atom. The number of amides is 1. The molecule has 1 amide bonds. The third kappa shape index (κ3) is 6.28. The van der Waals surface area contributed by atoms with Gasteiger partial charge >= 0.3 is 0 Å². The van der Waals surface area contributed by atoms with E-state index in [9.17, 15) is 13.2 Å². The number of methoxy groups -OCH3 is 1. The third-order valence-electron chi connectivity index (χ3n) is 7.24. The number of pyridine rings is 1. The highest BCUT2D eigenvalue weighted by Crippen LogP contribution is 2.36. The first-order valence-corrected chi connectivity index (χ1v) is 15.2. The molecule has 3 N–H and O–H groups in total. The lowest BCUT2D eigenvalue weighted by molar-refractivity contribution is -0.118. The highest BCUT2D eigenvalue weighted by molar-refractivity contribution is 7.89. The third-order valence-corrected chi connectivity index (χ3v) is 9.66. The second-order valence-electron chi connectivity index (χ2n) is 9.86. The number of hydrogen-bond donors (Lipinski definition) is 3. The molecule has 1 aliphatic heterocycles. The van der Waals surface area contributed by atoms with Gasteiger partial charge in [-0.1, -0.05) is 49.2 Å². The van der Waals surface area contributed by atoms with E-state index in [0.717, 1.165) is 44.2 Å². The quantitative estimate of drug-likeness (QED) is 0.372. The number of carbonyl (C=O) groups is 1. The number of carbonyl (C=O) groups excluding carboxylic acids is 1. The Hall–Kier alpha value is -2.60. The van der Waals surface area contributed by atoms with Gasteiger partial charge in [-0.05, 0) is 55.5 Å². The van der Waals surface area contributed by atoms with Crippen molar-refractivity contribution in [3.8, 4) is 5.88 Å². The van der Waals surface area contributed by atoms with E-state index >= 15 is 0 Å². The molecule has 2 atom stereocenters. The lowest BCUT2D eigenvalue weighted by Crippen LogP contribution is -2.45. The Balaban J connectivity index is 1.34. The molecule has 3 aromatic rings. The van der Waals surface area contributed by atoms with E-state index in [1.54, 1.807) is 37.4 Å². The Bertz CT molecular complexity index is 1330.